The fourth-order valence-corrected chi connectivity index (χ4v) is 5.20. The number of rotatable bonds is 10. The van der Waals surface area contributed by atoms with E-state index in [9.17, 15) is 9.59 Å². The molecule has 2 fully saturated rings. The molecule has 1 atom stereocenters. The van der Waals surface area contributed by atoms with E-state index in [0.717, 1.165) is 49.0 Å². The minimum absolute atomic E-state index is 0.0234. The van der Waals surface area contributed by atoms with Crippen LogP contribution in [0.3, 0.4) is 0 Å². The monoisotopic (exact) mass is 462 g/mol. The maximum Gasteiger partial charge on any atom is 0.250 e. The van der Waals surface area contributed by atoms with E-state index in [1.165, 1.54) is 25.7 Å². The van der Waals surface area contributed by atoms with Crippen LogP contribution < -0.4 is 4.74 Å². The molecule has 5 heteroatoms. The lowest BCUT2D eigenvalue weighted by atomic mass is 9.91. The predicted octanol–water partition coefficient (Wildman–Crippen LogP) is 5.89. The van der Waals surface area contributed by atoms with Gasteiger partial charge in [0.1, 0.15) is 18.3 Å². The molecule has 1 saturated carbocycles. The third-order valence-electron chi connectivity index (χ3n) is 7.13. The Hall–Kier alpha value is -2.82. The van der Waals surface area contributed by atoms with Crippen LogP contribution in [0.4, 0.5) is 0 Å². The Bertz CT molecular complexity index is 922. The largest absolute Gasteiger partial charge is 0.494 e. The molecule has 1 aliphatic heterocycles. The molecule has 5 nitrogen and oxygen atoms in total. The Balaban J connectivity index is 1.53. The molecule has 2 aromatic rings. The van der Waals surface area contributed by atoms with E-state index < -0.39 is 6.04 Å². The van der Waals surface area contributed by atoms with Gasteiger partial charge < -0.3 is 14.5 Å². The first-order valence-corrected chi connectivity index (χ1v) is 13.0. The third-order valence-corrected chi connectivity index (χ3v) is 7.13. The van der Waals surface area contributed by atoms with Crippen molar-refractivity contribution in [1.82, 2.24) is 9.80 Å². The van der Waals surface area contributed by atoms with Crippen LogP contribution in [0.2, 0.25) is 0 Å². The van der Waals surface area contributed by atoms with Crippen LogP contribution in [0.25, 0.3) is 0 Å². The standard InChI is InChI=1S/C29H38N2O3/c1-2-3-4-11-20-34-26-18-16-24(17-19-26)28-29(33)30(25-14-9-6-10-15-25)22-27(32)31(28)21-23-12-7-5-8-13-23/h5,7-8,12-13,16-19,25,28H,2-4,6,9-11,14-15,20-22H2,1H3/t28-/m0/s1. The summed E-state index contributed by atoms with van der Waals surface area (Å²) in [4.78, 5) is 30.8. The zero-order valence-electron chi connectivity index (χ0n) is 20.5. The van der Waals surface area contributed by atoms with Gasteiger partial charge in [0.25, 0.3) is 5.91 Å². The van der Waals surface area contributed by atoms with Gasteiger partial charge in [0.15, 0.2) is 0 Å². The molecular weight excluding hydrogens is 424 g/mol. The van der Waals surface area contributed by atoms with Crippen molar-refractivity contribution in [2.45, 2.75) is 83.3 Å². The van der Waals surface area contributed by atoms with Crippen LogP contribution in [0.5, 0.6) is 5.75 Å². The summed E-state index contributed by atoms with van der Waals surface area (Å²) < 4.78 is 5.91. The first-order chi connectivity index (χ1) is 16.7. The lowest BCUT2D eigenvalue weighted by molar-refractivity contribution is -0.160. The number of piperazine rings is 1. The van der Waals surface area contributed by atoms with Crippen LogP contribution in [0.15, 0.2) is 54.6 Å². The highest BCUT2D eigenvalue weighted by atomic mass is 16.5. The van der Waals surface area contributed by atoms with E-state index in [2.05, 4.69) is 6.92 Å². The number of benzene rings is 2. The van der Waals surface area contributed by atoms with Crippen molar-refractivity contribution in [3.8, 4) is 5.75 Å². The van der Waals surface area contributed by atoms with Gasteiger partial charge in [-0.3, -0.25) is 9.59 Å². The molecule has 0 aromatic heterocycles. The Morgan fingerprint density at radius 1 is 0.882 bits per heavy atom. The number of amides is 2. The zero-order valence-corrected chi connectivity index (χ0v) is 20.5. The smallest absolute Gasteiger partial charge is 0.250 e. The summed E-state index contributed by atoms with van der Waals surface area (Å²) in [7, 11) is 0. The molecule has 182 valence electrons. The van der Waals surface area contributed by atoms with Gasteiger partial charge in [0, 0.05) is 12.6 Å². The van der Waals surface area contributed by atoms with Crippen LogP contribution in [0.1, 0.15) is 81.9 Å². The molecule has 34 heavy (non-hydrogen) atoms. The minimum atomic E-state index is -0.595. The Morgan fingerprint density at radius 3 is 2.32 bits per heavy atom. The predicted molar refractivity (Wildman–Crippen MR) is 134 cm³/mol. The van der Waals surface area contributed by atoms with Gasteiger partial charge in [-0.1, -0.05) is 87.9 Å². The van der Waals surface area contributed by atoms with Crippen molar-refractivity contribution < 1.29 is 14.3 Å². The molecule has 0 N–H and O–H groups in total. The van der Waals surface area contributed by atoms with Crippen LogP contribution in [0, 0.1) is 0 Å². The molecule has 0 spiro atoms. The van der Waals surface area contributed by atoms with Gasteiger partial charge in [-0.25, -0.2) is 0 Å². The molecule has 1 saturated heterocycles. The fourth-order valence-electron chi connectivity index (χ4n) is 5.20. The lowest BCUT2D eigenvalue weighted by Crippen LogP contribution is -2.58. The summed E-state index contributed by atoms with van der Waals surface area (Å²) in [6.07, 6.45) is 10.1. The van der Waals surface area contributed by atoms with Gasteiger partial charge in [-0.05, 0) is 42.5 Å². The lowest BCUT2D eigenvalue weighted by Gasteiger charge is -2.44. The van der Waals surface area contributed by atoms with Crippen molar-refractivity contribution in [1.29, 1.82) is 0 Å². The third kappa shape index (κ3) is 5.99. The van der Waals surface area contributed by atoms with Crippen molar-refractivity contribution in [2.75, 3.05) is 13.2 Å². The highest BCUT2D eigenvalue weighted by molar-refractivity contribution is 5.95. The first-order valence-electron chi connectivity index (χ1n) is 13.0. The summed E-state index contributed by atoms with van der Waals surface area (Å²) >= 11 is 0. The maximum atomic E-state index is 13.8. The zero-order chi connectivity index (χ0) is 23.8. The Morgan fingerprint density at radius 2 is 1.62 bits per heavy atom. The van der Waals surface area contributed by atoms with E-state index in [4.69, 9.17) is 4.74 Å². The molecule has 4 rings (SSSR count). The number of nitrogens with zero attached hydrogens (tertiary/aromatic N) is 2. The molecule has 0 unspecified atom stereocenters. The van der Waals surface area contributed by atoms with E-state index in [1.807, 2.05) is 59.5 Å². The molecule has 2 aliphatic rings. The second-order valence-electron chi connectivity index (χ2n) is 9.65. The first kappa shape index (κ1) is 24.3. The number of hydrogen-bond donors (Lipinski definition) is 0. The maximum absolute atomic E-state index is 13.8. The Kier molecular flexibility index (Phi) is 8.62. The molecule has 2 amide bonds. The van der Waals surface area contributed by atoms with Crippen molar-refractivity contribution in [2.24, 2.45) is 0 Å². The minimum Gasteiger partial charge on any atom is -0.494 e. The number of unbranched alkanes of at least 4 members (excludes halogenated alkanes) is 3. The topological polar surface area (TPSA) is 49.9 Å². The average molecular weight is 463 g/mol. The quantitative estimate of drug-likeness (QED) is 0.414. The van der Waals surface area contributed by atoms with Gasteiger partial charge in [-0.15, -0.1) is 0 Å². The normalized spacial score (nSPS) is 19.5. The summed E-state index contributed by atoms with van der Waals surface area (Å²) in [5.74, 6) is 0.888. The van der Waals surface area contributed by atoms with E-state index in [1.54, 1.807) is 4.90 Å². The summed E-state index contributed by atoms with van der Waals surface area (Å²) in [6, 6.07) is 17.3. The second-order valence-corrected chi connectivity index (χ2v) is 9.65. The molecule has 0 bridgehead atoms. The number of carbonyl (C=O) groups is 2. The number of hydrogen-bond acceptors (Lipinski definition) is 3. The molecule has 2 aromatic carbocycles. The van der Waals surface area contributed by atoms with Crippen LogP contribution in [-0.4, -0.2) is 40.8 Å². The summed E-state index contributed by atoms with van der Waals surface area (Å²) in [5, 5.41) is 0. The number of ether oxygens (including phenoxy) is 1. The molecule has 1 heterocycles. The average Bonchev–Trinajstić information content (AvgIpc) is 2.88. The summed E-state index contributed by atoms with van der Waals surface area (Å²) in [6.45, 7) is 3.53. The van der Waals surface area contributed by atoms with E-state index >= 15 is 0 Å². The van der Waals surface area contributed by atoms with Gasteiger partial charge >= 0.3 is 0 Å². The van der Waals surface area contributed by atoms with Crippen molar-refractivity contribution in [3.05, 3.63) is 65.7 Å². The highest BCUT2D eigenvalue weighted by Gasteiger charge is 2.42. The highest BCUT2D eigenvalue weighted by Crippen LogP contribution is 2.34. The molecular formula is C29H38N2O3. The molecule has 0 radical (unpaired) electrons. The van der Waals surface area contributed by atoms with Crippen molar-refractivity contribution in [3.63, 3.8) is 0 Å². The van der Waals surface area contributed by atoms with Crippen LogP contribution in [-0.2, 0) is 16.1 Å². The van der Waals surface area contributed by atoms with Gasteiger partial charge in [0.05, 0.1) is 6.61 Å². The SMILES string of the molecule is CCCCCCOc1ccc([C@H]2C(=O)N(C3CCCCC3)CC(=O)N2Cc2ccccc2)cc1. The van der Waals surface area contributed by atoms with Crippen molar-refractivity contribution >= 4 is 11.8 Å². The summed E-state index contributed by atoms with van der Waals surface area (Å²) in [5.41, 5.74) is 1.89. The van der Waals surface area contributed by atoms with Crippen LogP contribution >= 0.6 is 0 Å². The molecule has 1 aliphatic carbocycles. The van der Waals surface area contributed by atoms with E-state index in [0.29, 0.717) is 13.2 Å². The Labute approximate surface area is 204 Å². The second kappa shape index (κ2) is 12.0. The van der Waals surface area contributed by atoms with Gasteiger partial charge in [0.2, 0.25) is 5.91 Å². The van der Waals surface area contributed by atoms with Gasteiger partial charge in [-0.2, -0.15) is 0 Å². The fraction of sp³-hybridized carbons (Fsp3) is 0.517. The number of carbonyl (C=O) groups excluding carboxylic acids is 2. The van der Waals surface area contributed by atoms with E-state index in [-0.39, 0.29) is 24.4 Å².